The number of aromatic nitrogens is 1. The van der Waals surface area contributed by atoms with Crippen molar-refractivity contribution in [3.63, 3.8) is 0 Å². The standard InChI is InChI=1S/C21H17Cl2N3O/c1-14-3-2-4-18(11-14)26-10-8-16(13-24)20(26)21(27)25-9-7-15-5-6-17(22)12-19(15)23/h2-6,8,10-12H,7,9H2,1H3,(H,25,27). The van der Waals surface area contributed by atoms with E-state index in [1.54, 1.807) is 29.0 Å². The number of rotatable bonds is 5. The summed E-state index contributed by atoms with van der Waals surface area (Å²) in [6.07, 6.45) is 2.30. The molecule has 0 aliphatic carbocycles. The van der Waals surface area contributed by atoms with Crippen molar-refractivity contribution in [1.29, 1.82) is 5.26 Å². The minimum atomic E-state index is -0.303. The van der Waals surface area contributed by atoms with Crippen LogP contribution in [0.5, 0.6) is 0 Å². The Morgan fingerprint density at radius 3 is 2.70 bits per heavy atom. The first-order chi connectivity index (χ1) is 13.0. The zero-order valence-electron chi connectivity index (χ0n) is 14.7. The molecule has 1 N–H and O–H groups in total. The Labute approximate surface area is 167 Å². The first-order valence-corrected chi connectivity index (χ1v) is 9.16. The summed E-state index contributed by atoms with van der Waals surface area (Å²) in [6.45, 7) is 2.37. The molecule has 0 spiro atoms. The molecule has 1 heterocycles. The van der Waals surface area contributed by atoms with Crippen molar-refractivity contribution in [1.82, 2.24) is 9.88 Å². The van der Waals surface area contributed by atoms with Crippen LogP contribution in [0.1, 0.15) is 27.2 Å². The van der Waals surface area contributed by atoms with Gasteiger partial charge in [0.05, 0.1) is 5.56 Å². The molecule has 0 bridgehead atoms. The van der Waals surface area contributed by atoms with E-state index in [4.69, 9.17) is 23.2 Å². The molecule has 27 heavy (non-hydrogen) atoms. The fourth-order valence-electron chi connectivity index (χ4n) is 2.87. The van der Waals surface area contributed by atoms with Crippen molar-refractivity contribution >= 4 is 29.1 Å². The Morgan fingerprint density at radius 2 is 2.00 bits per heavy atom. The number of nitrogens with one attached hydrogen (secondary N) is 1. The van der Waals surface area contributed by atoms with Gasteiger partial charge in [-0.3, -0.25) is 4.79 Å². The molecule has 0 atom stereocenters. The van der Waals surface area contributed by atoms with Crippen LogP contribution in [-0.2, 0) is 6.42 Å². The van der Waals surface area contributed by atoms with Crippen LogP contribution in [0.25, 0.3) is 5.69 Å². The van der Waals surface area contributed by atoms with Gasteiger partial charge < -0.3 is 9.88 Å². The van der Waals surface area contributed by atoms with Gasteiger partial charge in [-0.1, -0.05) is 41.4 Å². The highest BCUT2D eigenvalue weighted by Gasteiger charge is 2.18. The topological polar surface area (TPSA) is 57.8 Å². The van der Waals surface area contributed by atoms with Crippen molar-refractivity contribution in [2.75, 3.05) is 6.54 Å². The van der Waals surface area contributed by atoms with Gasteiger partial charge in [-0.25, -0.2) is 0 Å². The van der Waals surface area contributed by atoms with E-state index in [1.165, 1.54) is 0 Å². The van der Waals surface area contributed by atoms with Crippen molar-refractivity contribution in [2.24, 2.45) is 0 Å². The van der Waals surface area contributed by atoms with E-state index in [-0.39, 0.29) is 5.91 Å². The average molecular weight is 398 g/mol. The summed E-state index contributed by atoms with van der Waals surface area (Å²) in [4.78, 5) is 12.8. The van der Waals surface area contributed by atoms with Gasteiger partial charge in [0.2, 0.25) is 0 Å². The van der Waals surface area contributed by atoms with E-state index in [0.29, 0.717) is 34.3 Å². The molecule has 6 heteroatoms. The lowest BCUT2D eigenvalue weighted by molar-refractivity contribution is 0.0947. The number of nitriles is 1. The molecule has 1 aromatic heterocycles. The van der Waals surface area contributed by atoms with E-state index >= 15 is 0 Å². The second-order valence-corrected chi connectivity index (χ2v) is 6.98. The molecule has 3 rings (SSSR count). The van der Waals surface area contributed by atoms with Crippen LogP contribution >= 0.6 is 23.2 Å². The maximum Gasteiger partial charge on any atom is 0.269 e. The van der Waals surface area contributed by atoms with Gasteiger partial charge in [0, 0.05) is 28.5 Å². The van der Waals surface area contributed by atoms with Crippen LogP contribution in [0, 0.1) is 18.3 Å². The van der Waals surface area contributed by atoms with Crippen LogP contribution in [0.3, 0.4) is 0 Å². The number of benzene rings is 2. The van der Waals surface area contributed by atoms with Gasteiger partial charge in [-0.15, -0.1) is 0 Å². The molecule has 0 aliphatic heterocycles. The second-order valence-electron chi connectivity index (χ2n) is 6.14. The van der Waals surface area contributed by atoms with Crippen molar-refractivity contribution < 1.29 is 4.79 Å². The normalized spacial score (nSPS) is 10.4. The molecule has 0 aliphatic rings. The monoisotopic (exact) mass is 397 g/mol. The molecule has 1 amide bonds. The lowest BCUT2D eigenvalue weighted by Gasteiger charge is -2.11. The molecule has 3 aromatic rings. The Kier molecular flexibility index (Phi) is 5.85. The number of nitrogens with zero attached hydrogens (tertiary/aromatic N) is 2. The van der Waals surface area contributed by atoms with Crippen LogP contribution in [0.4, 0.5) is 0 Å². The van der Waals surface area contributed by atoms with Crippen LogP contribution in [0.2, 0.25) is 10.0 Å². The largest absolute Gasteiger partial charge is 0.350 e. The van der Waals surface area contributed by atoms with Crippen molar-refractivity contribution in [3.05, 3.63) is 87.2 Å². The van der Waals surface area contributed by atoms with Gasteiger partial charge in [0.1, 0.15) is 11.8 Å². The Hall–Kier alpha value is -2.74. The Bertz CT molecular complexity index is 1030. The molecular formula is C21H17Cl2N3O. The Balaban J connectivity index is 1.78. The number of hydrogen-bond acceptors (Lipinski definition) is 2. The highest BCUT2D eigenvalue weighted by molar-refractivity contribution is 6.35. The third-order valence-corrected chi connectivity index (χ3v) is 4.78. The fraction of sp³-hybridized carbons (Fsp3) is 0.143. The molecule has 0 fully saturated rings. The molecule has 4 nitrogen and oxygen atoms in total. The highest BCUT2D eigenvalue weighted by Crippen LogP contribution is 2.21. The third-order valence-electron chi connectivity index (χ3n) is 4.20. The smallest absolute Gasteiger partial charge is 0.269 e. The molecular weight excluding hydrogens is 381 g/mol. The molecule has 0 unspecified atom stereocenters. The van der Waals surface area contributed by atoms with Gasteiger partial charge in [0.15, 0.2) is 0 Å². The van der Waals surface area contributed by atoms with Gasteiger partial charge in [-0.2, -0.15) is 5.26 Å². The summed E-state index contributed by atoms with van der Waals surface area (Å²) < 4.78 is 1.73. The van der Waals surface area contributed by atoms with Gasteiger partial charge >= 0.3 is 0 Å². The zero-order chi connectivity index (χ0) is 19.4. The number of aryl methyl sites for hydroxylation is 1. The van der Waals surface area contributed by atoms with Gasteiger partial charge in [0.25, 0.3) is 5.91 Å². The van der Waals surface area contributed by atoms with Crippen LogP contribution in [-0.4, -0.2) is 17.0 Å². The van der Waals surface area contributed by atoms with E-state index in [1.807, 2.05) is 37.3 Å². The number of carbonyl (C=O) groups excluding carboxylic acids is 1. The third kappa shape index (κ3) is 4.33. The first-order valence-electron chi connectivity index (χ1n) is 8.40. The summed E-state index contributed by atoms with van der Waals surface area (Å²) in [7, 11) is 0. The number of carbonyl (C=O) groups is 1. The Morgan fingerprint density at radius 1 is 1.19 bits per heavy atom. The van der Waals surface area contributed by atoms with E-state index in [2.05, 4.69) is 11.4 Å². The minimum absolute atomic E-state index is 0.303. The summed E-state index contributed by atoms with van der Waals surface area (Å²) in [5.41, 5.74) is 3.46. The van der Waals surface area contributed by atoms with Gasteiger partial charge in [-0.05, 0) is 54.8 Å². The summed E-state index contributed by atoms with van der Waals surface area (Å²) in [5, 5.41) is 13.4. The van der Waals surface area contributed by atoms with E-state index in [0.717, 1.165) is 16.8 Å². The van der Waals surface area contributed by atoms with Crippen molar-refractivity contribution in [3.8, 4) is 11.8 Å². The molecule has 0 saturated heterocycles. The number of amides is 1. The second kappa shape index (κ2) is 8.30. The molecule has 0 radical (unpaired) electrons. The first kappa shape index (κ1) is 19.0. The van der Waals surface area contributed by atoms with Crippen LogP contribution < -0.4 is 5.32 Å². The summed E-state index contributed by atoms with van der Waals surface area (Å²) in [6, 6.07) is 16.8. The average Bonchev–Trinajstić information content (AvgIpc) is 3.07. The van der Waals surface area contributed by atoms with E-state index in [9.17, 15) is 10.1 Å². The van der Waals surface area contributed by atoms with Crippen LogP contribution in [0.15, 0.2) is 54.7 Å². The SMILES string of the molecule is Cc1cccc(-n2ccc(C#N)c2C(=O)NCCc2ccc(Cl)cc2Cl)c1. The number of halogens is 2. The summed E-state index contributed by atoms with van der Waals surface area (Å²) >= 11 is 12.1. The lowest BCUT2D eigenvalue weighted by Crippen LogP contribution is -2.28. The summed E-state index contributed by atoms with van der Waals surface area (Å²) in [5.74, 6) is -0.303. The zero-order valence-corrected chi connectivity index (χ0v) is 16.2. The maximum atomic E-state index is 12.8. The minimum Gasteiger partial charge on any atom is -0.350 e. The maximum absolute atomic E-state index is 12.8. The molecule has 2 aromatic carbocycles. The fourth-order valence-corrected chi connectivity index (χ4v) is 3.37. The van der Waals surface area contributed by atoms with Crippen molar-refractivity contribution in [2.45, 2.75) is 13.3 Å². The predicted molar refractivity (Wildman–Crippen MR) is 108 cm³/mol. The predicted octanol–water partition coefficient (Wildman–Crippen LogP) is 4.94. The quantitative estimate of drug-likeness (QED) is 0.662. The highest BCUT2D eigenvalue weighted by atomic mass is 35.5. The van der Waals surface area contributed by atoms with E-state index < -0.39 is 0 Å². The number of hydrogen-bond donors (Lipinski definition) is 1. The molecule has 136 valence electrons. The lowest BCUT2D eigenvalue weighted by atomic mass is 10.1. The molecule has 0 saturated carbocycles.